The summed E-state index contributed by atoms with van der Waals surface area (Å²) in [5.41, 5.74) is 0.717. The molecule has 0 bridgehead atoms. The van der Waals surface area contributed by atoms with Gasteiger partial charge in [0.15, 0.2) is 0 Å². The van der Waals surface area contributed by atoms with E-state index in [0.717, 1.165) is 11.4 Å². The molecule has 0 spiro atoms. The summed E-state index contributed by atoms with van der Waals surface area (Å²) in [4.78, 5) is 25.6. The molecule has 1 heterocycles. The van der Waals surface area contributed by atoms with Crippen molar-refractivity contribution in [2.75, 3.05) is 45.2 Å². The number of anilines is 1. The van der Waals surface area contributed by atoms with Crippen molar-refractivity contribution in [3.05, 3.63) is 24.3 Å². The van der Waals surface area contributed by atoms with Crippen molar-refractivity contribution in [1.29, 1.82) is 0 Å². The summed E-state index contributed by atoms with van der Waals surface area (Å²) in [5.74, 6) is 0.487. The van der Waals surface area contributed by atoms with Gasteiger partial charge in [-0.25, -0.2) is 0 Å². The number of hydrogen-bond acceptors (Lipinski definition) is 5. The quantitative estimate of drug-likeness (QED) is 0.796. The zero-order valence-electron chi connectivity index (χ0n) is 13.5. The number of morpholine rings is 1. The fraction of sp³-hybridized carbons (Fsp3) is 0.500. The van der Waals surface area contributed by atoms with Crippen molar-refractivity contribution in [1.82, 2.24) is 10.2 Å². The number of benzene rings is 1. The van der Waals surface area contributed by atoms with Crippen molar-refractivity contribution < 1.29 is 19.1 Å². The van der Waals surface area contributed by atoms with Gasteiger partial charge in [0.05, 0.1) is 19.8 Å². The molecule has 7 nitrogen and oxygen atoms in total. The molecule has 0 radical (unpaired) electrons. The molecule has 126 valence electrons. The van der Waals surface area contributed by atoms with Crippen LogP contribution < -0.4 is 15.4 Å². The van der Waals surface area contributed by atoms with Crippen molar-refractivity contribution in [2.24, 2.45) is 0 Å². The van der Waals surface area contributed by atoms with Gasteiger partial charge in [-0.2, -0.15) is 0 Å². The average Bonchev–Trinajstić information content (AvgIpc) is 2.56. The maximum absolute atomic E-state index is 12.1. The molecule has 1 saturated heterocycles. The maximum atomic E-state index is 12.1. The summed E-state index contributed by atoms with van der Waals surface area (Å²) in [6, 6.07) is 7.23. The number of carbonyl (C=O) groups is 2. The molecule has 7 heteroatoms. The minimum atomic E-state index is -0.521. The Morgan fingerprint density at radius 2 is 2.09 bits per heavy atom. The van der Waals surface area contributed by atoms with Crippen LogP contribution in [0, 0.1) is 0 Å². The highest BCUT2D eigenvalue weighted by atomic mass is 16.5. The number of rotatable bonds is 6. The smallest absolute Gasteiger partial charge is 0.250 e. The van der Waals surface area contributed by atoms with E-state index in [0.29, 0.717) is 26.3 Å². The first-order valence-electron chi connectivity index (χ1n) is 7.70. The van der Waals surface area contributed by atoms with Gasteiger partial charge in [-0.3, -0.25) is 14.5 Å². The lowest BCUT2D eigenvalue weighted by Crippen LogP contribution is -2.50. The summed E-state index contributed by atoms with van der Waals surface area (Å²) in [6.45, 7) is 4.23. The molecule has 2 N–H and O–H groups in total. The van der Waals surface area contributed by atoms with Crippen LogP contribution in [-0.4, -0.2) is 62.7 Å². The van der Waals surface area contributed by atoms with Crippen LogP contribution in [0.3, 0.4) is 0 Å². The van der Waals surface area contributed by atoms with Crippen LogP contribution >= 0.6 is 0 Å². The van der Waals surface area contributed by atoms with E-state index in [1.807, 2.05) is 24.0 Å². The lowest BCUT2D eigenvalue weighted by atomic mass is 10.2. The minimum absolute atomic E-state index is 0.119. The second-order valence-electron chi connectivity index (χ2n) is 5.21. The second kappa shape index (κ2) is 8.50. The number of carbonyl (C=O) groups excluding carboxylic acids is 2. The van der Waals surface area contributed by atoms with E-state index in [-0.39, 0.29) is 18.4 Å². The van der Waals surface area contributed by atoms with Crippen LogP contribution in [0.4, 0.5) is 5.69 Å². The Bertz CT molecular complexity index is 533. The average molecular weight is 321 g/mol. The molecule has 1 aliphatic rings. The van der Waals surface area contributed by atoms with Crippen molar-refractivity contribution >= 4 is 17.5 Å². The van der Waals surface area contributed by atoms with Crippen LogP contribution in [0.25, 0.3) is 0 Å². The van der Waals surface area contributed by atoms with Gasteiger partial charge in [0, 0.05) is 25.8 Å². The maximum Gasteiger partial charge on any atom is 0.250 e. The third kappa shape index (κ3) is 5.22. The second-order valence-corrected chi connectivity index (χ2v) is 5.21. The first-order valence-corrected chi connectivity index (χ1v) is 7.70. The molecular weight excluding hydrogens is 298 g/mol. The highest BCUT2D eigenvalue weighted by Gasteiger charge is 2.26. The van der Waals surface area contributed by atoms with Crippen LogP contribution in [0.5, 0.6) is 5.75 Å². The van der Waals surface area contributed by atoms with Gasteiger partial charge in [0.2, 0.25) is 11.8 Å². The van der Waals surface area contributed by atoms with E-state index in [1.54, 1.807) is 19.2 Å². The Balaban J connectivity index is 1.83. The lowest BCUT2D eigenvalue weighted by molar-refractivity contribution is -0.139. The van der Waals surface area contributed by atoms with Crippen molar-refractivity contribution in [2.45, 2.75) is 13.0 Å². The Labute approximate surface area is 135 Å². The molecule has 1 unspecified atom stereocenters. The van der Waals surface area contributed by atoms with Gasteiger partial charge >= 0.3 is 0 Å². The summed E-state index contributed by atoms with van der Waals surface area (Å²) < 4.78 is 10.8. The lowest BCUT2D eigenvalue weighted by Gasteiger charge is -2.31. The fourth-order valence-corrected chi connectivity index (χ4v) is 2.37. The van der Waals surface area contributed by atoms with E-state index >= 15 is 0 Å². The molecule has 0 aromatic heterocycles. The third-order valence-corrected chi connectivity index (χ3v) is 3.51. The number of likely N-dealkylation sites (N-methyl/N-ethyl adjacent to an activating group) is 1. The first kappa shape index (κ1) is 17.2. The molecular formula is C16H23N3O4. The Morgan fingerprint density at radius 1 is 1.35 bits per heavy atom. The molecule has 1 atom stereocenters. The van der Waals surface area contributed by atoms with Crippen LogP contribution in [0.15, 0.2) is 24.3 Å². The number of amides is 2. The predicted molar refractivity (Wildman–Crippen MR) is 86.5 cm³/mol. The minimum Gasteiger partial charge on any atom is -0.494 e. The number of hydrogen-bond donors (Lipinski definition) is 2. The Kier molecular flexibility index (Phi) is 6.37. The number of nitrogens with one attached hydrogen (secondary N) is 2. The molecule has 0 aliphatic carbocycles. The van der Waals surface area contributed by atoms with E-state index in [4.69, 9.17) is 9.47 Å². The van der Waals surface area contributed by atoms with Gasteiger partial charge in [-0.1, -0.05) is 0 Å². The largest absolute Gasteiger partial charge is 0.494 e. The molecule has 2 rings (SSSR count). The molecule has 1 aromatic rings. The zero-order valence-corrected chi connectivity index (χ0v) is 13.5. The van der Waals surface area contributed by atoms with Crippen molar-refractivity contribution in [3.8, 4) is 5.75 Å². The Morgan fingerprint density at radius 3 is 2.74 bits per heavy atom. The monoisotopic (exact) mass is 321 g/mol. The summed E-state index contributed by atoms with van der Waals surface area (Å²) >= 11 is 0. The van der Waals surface area contributed by atoms with Crippen LogP contribution in [-0.2, 0) is 14.3 Å². The van der Waals surface area contributed by atoms with E-state index < -0.39 is 6.10 Å². The molecule has 1 aliphatic heterocycles. The molecule has 23 heavy (non-hydrogen) atoms. The van der Waals surface area contributed by atoms with Crippen molar-refractivity contribution in [3.63, 3.8) is 0 Å². The fourth-order valence-electron chi connectivity index (χ4n) is 2.37. The van der Waals surface area contributed by atoms with E-state index in [1.165, 1.54) is 0 Å². The SMILES string of the molecule is CCOc1ccc(NC(=O)CN2CCOC(C(=O)NC)C2)cc1. The summed E-state index contributed by atoms with van der Waals surface area (Å²) in [6.07, 6.45) is -0.521. The van der Waals surface area contributed by atoms with Crippen LogP contribution in [0.1, 0.15) is 6.92 Å². The van der Waals surface area contributed by atoms with Gasteiger partial charge in [-0.15, -0.1) is 0 Å². The third-order valence-electron chi connectivity index (χ3n) is 3.51. The Hall–Kier alpha value is -2.12. The highest BCUT2D eigenvalue weighted by Crippen LogP contribution is 2.15. The molecule has 1 aromatic carbocycles. The zero-order chi connectivity index (χ0) is 16.7. The standard InChI is InChI=1S/C16H23N3O4/c1-3-22-13-6-4-12(5-7-13)18-15(20)11-19-8-9-23-14(10-19)16(21)17-2/h4-7,14H,3,8-11H2,1-2H3,(H,17,21)(H,18,20). The molecule has 2 amide bonds. The normalized spacial score (nSPS) is 18.3. The molecule has 1 fully saturated rings. The number of nitrogens with zero attached hydrogens (tertiary/aromatic N) is 1. The topological polar surface area (TPSA) is 79.9 Å². The summed E-state index contributed by atoms with van der Waals surface area (Å²) in [5, 5.41) is 5.40. The molecule has 0 saturated carbocycles. The summed E-state index contributed by atoms with van der Waals surface area (Å²) in [7, 11) is 1.57. The van der Waals surface area contributed by atoms with Gasteiger partial charge < -0.3 is 20.1 Å². The van der Waals surface area contributed by atoms with E-state index in [9.17, 15) is 9.59 Å². The first-order chi connectivity index (χ1) is 11.1. The van der Waals surface area contributed by atoms with Gasteiger partial charge in [0.1, 0.15) is 11.9 Å². The number of ether oxygens (including phenoxy) is 2. The van der Waals surface area contributed by atoms with Gasteiger partial charge in [0.25, 0.3) is 0 Å². The van der Waals surface area contributed by atoms with Crippen LogP contribution in [0.2, 0.25) is 0 Å². The highest BCUT2D eigenvalue weighted by molar-refractivity contribution is 5.92. The van der Waals surface area contributed by atoms with E-state index in [2.05, 4.69) is 10.6 Å². The predicted octanol–water partition coefficient (Wildman–Crippen LogP) is 0.471. The van der Waals surface area contributed by atoms with Gasteiger partial charge in [-0.05, 0) is 31.2 Å².